The second-order valence-corrected chi connectivity index (χ2v) is 7.34. The summed E-state index contributed by atoms with van der Waals surface area (Å²) in [4.78, 5) is 20.5. The van der Waals surface area contributed by atoms with Crippen molar-refractivity contribution < 1.29 is 4.42 Å². The van der Waals surface area contributed by atoms with Crippen LogP contribution in [0.3, 0.4) is 0 Å². The van der Waals surface area contributed by atoms with Gasteiger partial charge in [-0.25, -0.2) is 9.67 Å². The van der Waals surface area contributed by atoms with Crippen molar-refractivity contribution in [1.82, 2.24) is 29.9 Å². The van der Waals surface area contributed by atoms with Gasteiger partial charge in [-0.15, -0.1) is 21.5 Å². The van der Waals surface area contributed by atoms with E-state index in [-0.39, 0.29) is 5.56 Å². The molecular formula is C17H10N6O2S2. The van der Waals surface area contributed by atoms with Gasteiger partial charge >= 0.3 is 0 Å². The molecular weight excluding hydrogens is 384 g/mol. The van der Waals surface area contributed by atoms with Gasteiger partial charge < -0.3 is 9.40 Å². The number of aromatic nitrogens is 6. The number of aromatic amines is 1. The summed E-state index contributed by atoms with van der Waals surface area (Å²) >= 11 is 2.61. The molecule has 10 heteroatoms. The molecule has 27 heavy (non-hydrogen) atoms. The first-order chi connectivity index (χ1) is 13.3. The first kappa shape index (κ1) is 16.0. The van der Waals surface area contributed by atoms with Gasteiger partial charge in [0.2, 0.25) is 0 Å². The maximum Gasteiger partial charge on any atom is 0.284 e. The summed E-state index contributed by atoms with van der Waals surface area (Å²) in [5.41, 5.74) is 1.01. The monoisotopic (exact) mass is 394 g/mol. The minimum Gasteiger partial charge on any atom is -0.410 e. The highest BCUT2D eigenvalue weighted by Gasteiger charge is 2.15. The molecule has 0 unspecified atom stereocenters. The van der Waals surface area contributed by atoms with E-state index < -0.39 is 0 Å². The fraction of sp³-hybridized carbons (Fsp3) is 0. The van der Waals surface area contributed by atoms with Gasteiger partial charge in [-0.1, -0.05) is 24.3 Å². The van der Waals surface area contributed by atoms with Crippen LogP contribution >= 0.6 is 23.1 Å². The molecule has 1 aromatic carbocycles. The molecule has 0 aliphatic carbocycles. The van der Waals surface area contributed by atoms with Crippen molar-refractivity contribution >= 4 is 34.1 Å². The zero-order chi connectivity index (χ0) is 18.2. The number of nitrogens with one attached hydrogen (secondary N) is 1. The molecule has 0 saturated carbocycles. The summed E-state index contributed by atoms with van der Waals surface area (Å²) < 4.78 is 7.27. The summed E-state index contributed by atoms with van der Waals surface area (Å²) in [5.74, 6) is 0.435. The molecule has 8 nitrogen and oxygen atoms in total. The molecule has 0 aliphatic rings. The summed E-state index contributed by atoms with van der Waals surface area (Å²) in [5, 5.41) is 15.3. The molecule has 4 aromatic heterocycles. The number of benzene rings is 1. The van der Waals surface area contributed by atoms with E-state index in [1.807, 2.05) is 47.8 Å². The van der Waals surface area contributed by atoms with E-state index in [9.17, 15) is 4.79 Å². The highest BCUT2D eigenvalue weighted by molar-refractivity contribution is 7.98. The average Bonchev–Trinajstić information content (AvgIpc) is 3.43. The molecule has 0 saturated heterocycles. The quantitative estimate of drug-likeness (QED) is 0.466. The summed E-state index contributed by atoms with van der Waals surface area (Å²) in [6.07, 6.45) is 1.50. The molecule has 0 atom stereocenters. The van der Waals surface area contributed by atoms with E-state index in [1.165, 1.54) is 17.5 Å². The lowest BCUT2D eigenvalue weighted by molar-refractivity contribution is 0.466. The molecule has 132 valence electrons. The van der Waals surface area contributed by atoms with Crippen LogP contribution in [0.5, 0.6) is 0 Å². The van der Waals surface area contributed by atoms with Crippen molar-refractivity contribution in [2.75, 3.05) is 0 Å². The third-order valence-electron chi connectivity index (χ3n) is 3.74. The van der Waals surface area contributed by atoms with Gasteiger partial charge in [-0.05, 0) is 23.6 Å². The standard InChI is InChI=1S/C17H10N6O2S2/c24-14-11-9-18-23(10-5-2-1-3-6-10)13(11)19-16(20-14)27-17-22-21-15(25-17)12-7-4-8-26-12/h1-9H,(H,19,20,24). The van der Waals surface area contributed by atoms with Crippen LogP contribution in [-0.4, -0.2) is 29.9 Å². The van der Waals surface area contributed by atoms with Crippen LogP contribution < -0.4 is 5.56 Å². The van der Waals surface area contributed by atoms with E-state index in [4.69, 9.17) is 4.42 Å². The van der Waals surface area contributed by atoms with E-state index >= 15 is 0 Å². The summed E-state index contributed by atoms with van der Waals surface area (Å²) in [6, 6.07) is 13.3. The topological polar surface area (TPSA) is 102 Å². The van der Waals surface area contributed by atoms with Crippen molar-refractivity contribution in [1.29, 1.82) is 0 Å². The Morgan fingerprint density at radius 1 is 1.11 bits per heavy atom. The Hall–Kier alpha value is -3.24. The molecule has 0 fully saturated rings. The van der Waals surface area contributed by atoms with Gasteiger partial charge in [0.05, 0.1) is 16.8 Å². The SMILES string of the molecule is O=c1[nH]c(Sc2nnc(-c3cccs3)o2)nc2c1cnn2-c1ccccc1. The van der Waals surface area contributed by atoms with Crippen LogP contribution in [0, 0.1) is 0 Å². The summed E-state index contributed by atoms with van der Waals surface area (Å²) in [6.45, 7) is 0. The Bertz CT molecular complexity index is 1270. The van der Waals surface area contributed by atoms with Crippen molar-refractivity contribution in [3.63, 3.8) is 0 Å². The van der Waals surface area contributed by atoms with Crippen molar-refractivity contribution in [2.24, 2.45) is 0 Å². The van der Waals surface area contributed by atoms with Gasteiger partial charge in [-0.3, -0.25) is 4.79 Å². The molecule has 0 amide bonds. The fourth-order valence-corrected chi connectivity index (χ4v) is 3.83. The van der Waals surface area contributed by atoms with E-state index in [1.54, 1.807) is 4.68 Å². The Kier molecular flexibility index (Phi) is 3.84. The molecule has 0 bridgehead atoms. The number of H-pyrrole nitrogens is 1. The molecule has 1 N–H and O–H groups in total. The van der Waals surface area contributed by atoms with Crippen LogP contribution in [0.2, 0.25) is 0 Å². The van der Waals surface area contributed by atoms with Gasteiger partial charge in [0, 0.05) is 11.8 Å². The first-order valence-electron chi connectivity index (χ1n) is 7.86. The molecule has 5 aromatic rings. The minimum absolute atomic E-state index is 0.275. The number of nitrogens with zero attached hydrogens (tertiary/aromatic N) is 5. The number of hydrogen-bond donors (Lipinski definition) is 1. The van der Waals surface area contributed by atoms with Crippen LogP contribution in [0.15, 0.2) is 73.6 Å². The molecule has 4 heterocycles. The van der Waals surface area contributed by atoms with Crippen LogP contribution in [0.1, 0.15) is 0 Å². The highest BCUT2D eigenvalue weighted by Crippen LogP contribution is 2.29. The van der Waals surface area contributed by atoms with Gasteiger partial charge in [-0.2, -0.15) is 5.10 Å². The fourth-order valence-electron chi connectivity index (χ4n) is 2.54. The Labute approximate surface area is 159 Å². The highest BCUT2D eigenvalue weighted by atomic mass is 32.2. The molecule has 0 radical (unpaired) electrons. The normalized spacial score (nSPS) is 11.3. The van der Waals surface area contributed by atoms with Gasteiger partial charge in [0.15, 0.2) is 10.8 Å². The third-order valence-corrected chi connectivity index (χ3v) is 5.32. The lowest BCUT2D eigenvalue weighted by Crippen LogP contribution is -2.09. The van der Waals surface area contributed by atoms with Crippen LogP contribution in [-0.2, 0) is 0 Å². The predicted octanol–water partition coefficient (Wildman–Crippen LogP) is 3.37. The number of para-hydroxylation sites is 1. The number of hydrogen-bond acceptors (Lipinski definition) is 8. The van der Waals surface area contributed by atoms with Crippen molar-refractivity contribution in [2.45, 2.75) is 10.4 Å². The van der Waals surface area contributed by atoms with Crippen molar-refractivity contribution in [3.05, 3.63) is 64.4 Å². The Morgan fingerprint density at radius 3 is 2.81 bits per heavy atom. The predicted molar refractivity (Wildman–Crippen MR) is 101 cm³/mol. The Balaban J connectivity index is 1.53. The smallest absolute Gasteiger partial charge is 0.284 e. The Morgan fingerprint density at radius 2 is 2.00 bits per heavy atom. The maximum atomic E-state index is 12.4. The maximum absolute atomic E-state index is 12.4. The zero-order valence-corrected chi connectivity index (χ0v) is 15.2. The largest absolute Gasteiger partial charge is 0.410 e. The van der Waals surface area contributed by atoms with Gasteiger partial charge in [0.1, 0.15) is 5.39 Å². The number of rotatable bonds is 4. The van der Waals surface area contributed by atoms with Crippen molar-refractivity contribution in [3.8, 4) is 16.5 Å². The average molecular weight is 394 g/mol. The first-order valence-corrected chi connectivity index (χ1v) is 9.56. The van der Waals surface area contributed by atoms with Crippen LogP contribution in [0.4, 0.5) is 0 Å². The van der Waals surface area contributed by atoms with E-state index in [2.05, 4.69) is 25.3 Å². The number of thiophene rings is 1. The number of fused-ring (bicyclic) bond motifs is 1. The zero-order valence-electron chi connectivity index (χ0n) is 13.6. The second-order valence-electron chi connectivity index (χ2n) is 5.45. The molecule has 5 rings (SSSR count). The molecule has 0 aliphatic heterocycles. The van der Waals surface area contributed by atoms with Gasteiger partial charge in [0.25, 0.3) is 16.7 Å². The van der Waals surface area contributed by atoms with E-state index in [0.29, 0.717) is 27.3 Å². The minimum atomic E-state index is -0.275. The lowest BCUT2D eigenvalue weighted by Gasteiger charge is -2.03. The second kappa shape index (κ2) is 6.49. The summed E-state index contributed by atoms with van der Waals surface area (Å²) in [7, 11) is 0. The molecule has 0 spiro atoms. The third kappa shape index (κ3) is 2.94. The van der Waals surface area contributed by atoms with E-state index in [0.717, 1.165) is 22.3 Å². The lowest BCUT2D eigenvalue weighted by atomic mass is 10.3. The van der Waals surface area contributed by atoms with Crippen LogP contribution in [0.25, 0.3) is 27.5 Å².